The predicted octanol–water partition coefficient (Wildman–Crippen LogP) is 10.2. The first-order valence-electron chi connectivity index (χ1n) is 14.5. The molecule has 7 atom stereocenters. The lowest BCUT2D eigenvalue weighted by Gasteiger charge is -2.57. The van der Waals surface area contributed by atoms with Crippen molar-refractivity contribution in [1.82, 2.24) is 0 Å². The minimum atomic E-state index is 0.432. The average molecular weight is 441 g/mol. The van der Waals surface area contributed by atoms with E-state index in [0.717, 1.165) is 35.5 Å². The van der Waals surface area contributed by atoms with E-state index in [1.165, 1.54) is 69.8 Å². The lowest BCUT2D eigenvalue weighted by atomic mass is 9.48. The van der Waals surface area contributed by atoms with Gasteiger partial charge in [0.25, 0.3) is 0 Å². The number of allylic oxidation sites excluding steroid dienone is 3. The highest BCUT2D eigenvalue weighted by Gasteiger charge is 2.55. The van der Waals surface area contributed by atoms with E-state index in [1.807, 2.05) is 25.0 Å². The Morgan fingerprint density at radius 2 is 1.66 bits per heavy atom. The summed E-state index contributed by atoms with van der Waals surface area (Å²) in [6, 6.07) is 0. The molecule has 0 radical (unpaired) electrons. The van der Waals surface area contributed by atoms with Gasteiger partial charge in [-0.1, -0.05) is 98.5 Å². The van der Waals surface area contributed by atoms with Crippen molar-refractivity contribution in [3.8, 4) is 0 Å². The molecule has 0 aromatic rings. The molecule has 4 aliphatic rings. The van der Waals surface area contributed by atoms with Crippen molar-refractivity contribution in [3.05, 3.63) is 23.3 Å². The van der Waals surface area contributed by atoms with Crippen molar-refractivity contribution in [2.45, 2.75) is 127 Å². The second-order valence-electron chi connectivity index (χ2n) is 13.3. The molecule has 0 bridgehead atoms. The summed E-state index contributed by atoms with van der Waals surface area (Å²) in [5, 5.41) is 0. The molecule has 0 spiro atoms. The van der Waals surface area contributed by atoms with Crippen LogP contribution in [-0.4, -0.2) is 0 Å². The van der Waals surface area contributed by atoms with Crippen molar-refractivity contribution >= 4 is 0 Å². The third-order valence-corrected chi connectivity index (χ3v) is 10.8. The highest BCUT2D eigenvalue weighted by Crippen LogP contribution is 2.65. The summed E-state index contributed by atoms with van der Waals surface area (Å²) in [5.41, 5.74) is 6.46. The molecule has 184 valence electrons. The number of hydrogen-bond acceptors (Lipinski definition) is 0. The highest BCUT2D eigenvalue weighted by atomic mass is 14.6. The molecule has 0 saturated heterocycles. The molecule has 0 aliphatic heterocycles. The molecule has 0 amide bonds. The first-order valence-corrected chi connectivity index (χ1v) is 14.5. The summed E-state index contributed by atoms with van der Waals surface area (Å²) in [5.74, 6) is 5.94. The zero-order valence-electron chi connectivity index (χ0n) is 23.3. The van der Waals surface area contributed by atoms with Crippen molar-refractivity contribution in [2.75, 3.05) is 0 Å². The van der Waals surface area contributed by atoms with Gasteiger partial charge in [-0.2, -0.15) is 0 Å². The molecule has 3 saturated carbocycles. The maximum Gasteiger partial charge on any atom is -0.0141 e. The molecule has 32 heavy (non-hydrogen) atoms. The third kappa shape index (κ3) is 4.55. The smallest absolute Gasteiger partial charge is 0.0141 e. The number of hydrogen-bond donors (Lipinski definition) is 0. The van der Waals surface area contributed by atoms with Gasteiger partial charge in [0.1, 0.15) is 0 Å². The molecule has 0 N–H and O–H groups in total. The first-order chi connectivity index (χ1) is 15.1. The Labute approximate surface area is 202 Å². The van der Waals surface area contributed by atoms with Gasteiger partial charge in [0.15, 0.2) is 0 Å². The summed E-state index contributed by atoms with van der Waals surface area (Å²) in [4.78, 5) is 0. The van der Waals surface area contributed by atoms with Gasteiger partial charge >= 0.3 is 0 Å². The Kier molecular flexibility index (Phi) is 8.15. The summed E-state index contributed by atoms with van der Waals surface area (Å²) in [6.07, 6.45) is 14.4. The summed E-state index contributed by atoms with van der Waals surface area (Å²) >= 11 is 0. The molecule has 7 unspecified atom stereocenters. The molecule has 0 nitrogen and oxygen atoms in total. The van der Waals surface area contributed by atoms with Gasteiger partial charge in [0.2, 0.25) is 0 Å². The molecule has 0 aromatic heterocycles. The van der Waals surface area contributed by atoms with Crippen LogP contribution in [0.25, 0.3) is 0 Å². The highest BCUT2D eigenvalue weighted by molar-refractivity contribution is 5.34. The van der Waals surface area contributed by atoms with E-state index in [4.69, 9.17) is 0 Å². The van der Waals surface area contributed by atoms with E-state index in [2.05, 4.69) is 55.0 Å². The van der Waals surface area contributed by atoms with Crippen LogP contribution in [0.1, 0.15) is 127 Å². The van der Waals surface area contributed by atoms with Gasteiger partial charge in [-0.25, -0.2) is 0 Å². The molecule has 0 heteroatoms. The number of fused-ring (bicyclic) bond motifs is 4. The van der Waals surface area contributed by atoms with Crippen LogP contribution in [-0.2, 0) is 0 Å². The SMILES string of the molecule is C=C(CCC(C)(C)C1CC(C)C2=C3C(C)CC4CCCCC4(C)C3CCC21)C(C)C.CC. The maximum absolute atomic E-state index is 4.38. The molecular weight excluding hydrogens is 384 g/mol. The van der Waals surface area contributed by atoms with Crippen molar-refractivity contribution in [2.24, 2.45) is 52.3 Å². The van der Waals surface area contributed by atoms with Crippen molar-refractivity contribution in [3.63, 3.8) is 0 Å². The van der Waals surface area contributed by atoms with Crippen LogP contribution in [0, 0.1) is 52.3 Å². The minimum Gasteiger partial charge on any atom is -0.0996 e. The summed E-state index contributed by atoms with van der Waals surface area (Å²) in [6.45, 7) is 26.0. The van der Waals surface area contributed by atoms with Crippen LogP contribution in [0.15, 0.2) is 23.3 Å². The van der Waals surface area contributed by atoms with E-state index in [1.54, 1.807) is 0 Å². The van der Waals surface area contributed by atoms with E-state index in [-0.39, 0.29) is 0 Å². The maximum atomic E-state index is 4.38. The average Bonchev–Trinajstić information content (AvgIpc) is 3.11. The van der Waals surface area contributed by atoms with Gasteiger partial charge in [-0.15, -0.1) is 0 Å². The summed E-state index contributed by atoms with van der Waals surface area (Å²) in [7, 11) is 0. The van der Waals surface area contributed by atoms with Crippen molar-refractivity contribution in [1.29, 1.82) is 0 Å². The number of rotatable bonds is 5. The van der Waals surface area contributed by atoms with Crippen LogP contribution in [0.2, 0.25) is 0 Å². The van der Waals surface area contributed by atoms with E-state index in [0.29, 0.717) is 16.7 Å². The summed E-state index contributed by atoms with van der Waals surface area (Å²) < 4.78 is 0. The van der Waals surface area contributed by atoms with Crippen LogP contribution in [0.5, 0.6) is 0 Å². The molecule has 0 aromatic carbocycles. The van der Waals surface area contributed by atoms with Crippen LogP contribution in [0.3, 0.4) is 0 Å². The minimum absolute atomic E-state index is 0.432. The molecule has 3 fully saturated rings. The van der Waals surface area contributed by atoms with Gasteiger partial charge in [0.05, 0.1) is 0 Å². The Bertz CT molecular complexity index is 691. The molecule has 4 aliphatic carbocycles. The van der Waals surface area contributed by atoms with Crippen LogP contribution < -0.4 is 0 Å². The Hall–Kier alpha value is -0.520. The van der Waals surface area contributed by atoms with Crippen LogP contribution >= 0.6 is 0 Å². The Morgan fingerprint density at radius 1 is 1.00 bits per heavy atom. The Balaban J connectivity index is 0.00000141. The van der Waals surface area contributed by atoms with Gasteiger partial charge in [-0.3, -0.25) is 0 Å². The normalized spacial score (nSPS) is 39.1. The first kappa shape index (κ1) is 26.1. The van der Waals surface area contributed by atoms with E-state index < -0.39 is 0 Å². The van der Waals surface area contributed by atoms with Gasteiger partial charge < -0.3 is 0 Å². The van der Waals surface area contributed by atoms with E-state index in [9.17, 15) is 0 Å². The van der Waals surface area contributed by atoms with Crippen LogP contribution in [0.4, 0.5) is 0 Å². The van der Waals surface area contributed by atoms with E-state index >= 15 is 0 Å². The lowest BCUT2D eigenvalue weighted by Crippen LogP contribution is -2.47. The Morgan fingerprint density at radius 3 is 2.31 bits per heavy atom. The van der Waals surface area contributed by atoms with Gasteiger partial charge in [-0.05, 0) is 104 Å². The second-order valence-corrected chi connectivity index (χ2v) is 13.3. The third-order valence-electron chi connectivity index (χ3n) is 10.8. The monoisotopic (exact) mass is 440 g/mol. The zero-order valence-corrected chi connectivity index (χ0v) is 23.3. The lowest BCUT2D eigenvalue weighted by molar-refractivity contribution is 0.000966. The fourth-order valence-corrected chi connectivity index (χ4v) is 8.78. The molecule has 4 rings (SSSR count). The largest absolute Gasteiger partial charge is 0.0996 e. The second kappa shape index (κ2) is 10.00. The quantitative estimate of drug-likeness (QED) is 0.373. The van der Waals surface area contributed by atoms with Gasteiger partial charge in [0, 0.05) is 0 Å². The fraction of sp³-hybridized carbons (Fsp3) is 0.875. The fourth-order valence-electron chi connectivity index (χ4n) is 8.78. The van der Waals surface area contributed by atoms with Crippen molar-refractivity contribution < 1.29 is 0 Å². The standard InChI is InChI=1S/C30H50.C2H6/c1-19(2)20(3)14-16-29(6,7)26-18-22(5)27-24(26)12-13-25-28(27)21(4)17-23-11-9-10-15-30(23,25)8;1-2/h19,21-26H,3,9-18H2,1-2,4-8H3;1-2H3. The zero-order chi connectivity index (χ0) is 23.8. The molecular formula is C32H56. The molecule has 0 heterocycles. The topological polar surface area (TPSA) is 0 Å². The predicted molar refractivity (Wildman–Crippen MR) is 143 cm³/mol.